The van der Waals surface area contributed by atoms with Crippen LogP contribution >= 0.6 is 0 Å². The zero-order valence-corrected chi connectivity index (χ0v) is 42.4. The number of hydrogen-bond acceptors (Lipinski definition) is 14. The number of ether oxygens (including phenoxy) is 6. The first kappa shape index (κ1) is 57.2. The summed E-state index contributed by atoms with van der Waals surface area (Å²) in [6, 6.07) is -1.14. The lowest BCUT2D eigenvalue weighted by atomic mass is 9.78. The molecule has 15 atom stereocenters. The number of nitrogens with zero attached hydrogens (tertiary/aromatic N) is 1. The number of ketones is 3. The molecule has 1 aliphatic carbocycles. The first-order valence-electron chi connectivity index (χ1n) is 25.0. The van der Waals surface area contributed by atoms with Crippen LogP contribution in [0.4, 0.5) is 0 Å². The summed E-state index contributed by atoms with van der Waals surface area (Å²) >= 11 is 0. The molecule has 3 aliphatic heterocycles. The van der Waals surface area contributed by atoms with Gasteiger partial charge in [0.25, 0.3) is 11.7 Å². The van der Waals surface area contributed by atoms with E-state index in [1.54, 1.807) is 41.1 Å². The molecule has 3 heterocycles. The number of esters is 1. The van der Waals surface area contributed by atoms with E-state index in [0.717, 1.165) is 12.0 Å². The summed E-state index contributed by atoms with van der Waals surface area (Å²) in [6.07, 6.45) is 12.0. The van der Waals surface area contributed by atoms with Crippen molar-refractivity contribution in [3.05, 3.63) is 47.6 Å². The van der Waals surface area contributed by atoms with Crippen molar-refractivity contribution in [2.75, 3.05) is 41.1 Å². The van der Waals surface area contributed by atoms with E-state index < -0.39 is 77.8 Å². The predicted molar refractivity (Wildman–Crippen MR) is 256 cm³/mol. The lowest BCUT2D eigenvalue weighted by molar-refractivity contribution is -0.265. The second-order valence-corrected chi connectivity index (χ2v) is 20.2. The summed E-state index contributed by atoms with van der Waals surface area (Å²) in [7, 11) is 4.58. The Morgan fingerprint density at radius 3 is 2.26 bits per heavy atom. The maximum Gasteiger partial charge on any atom is 0.329 e. The van der Waals surface area contributed by atoms with Gasteiger partial charge in [-0.25, -0.2) is 4.79 Å². The molecular weight excluding hydrogens is 875 g/mol. The van der Waals surface area contributed by atoms with Gasteiger partial charge in [-0.3, -0.25) is 19.2 Å². The Morgan fingerprint density at radius 1 is 0.853 bits per heavy atom. The number of rotatable bonds is 9. The van der Waals surface area contributed by atoms with Gasteiger partial charge in [0, 0.05) is 58.5 Å². The van der Waals surface area contributed by atoms with E-state index in [0.29, 0.717) is 63.4 Å². The molecular formula is C53H83NO14. The largest absolute Gasteiger partial charge is 0.460 e. The molecule has 1 saturated carbocycles. The van der Waals surface area contributed by atoms with Gasteiger partial charge in [0.15, 0.2) is 5.78 Å². The standard InChI is InChI=1S/C53H83NO14/c1-32-16-12-11-13-17-33(2)44(63-8)30-40-21-19-38(7)53(62,68-40)50(59)51(60)54-23-15-14-18-41(54)52(61)67-45(35(4)28-39-20-22-43(66-25-24-55)46(29-39)64-9)31-42(56)34(3)27-37(6)48(58)49(65-10)47(57)36(5)26-32/h11-13,16-17,27,32,34-36,38-41,43-46,48-49,55,58,62H,14-15,18-26,28-31H2,1-10H3/t32?,34?,35-,36?,38?,39+,40?,41?,43-,44?,45?,46-,48?,49?,53?/m1/s1. The molecule has 11 unspecified atom stereocenters. The maximum atomic E-state index is 14.5. The zero-order valence-electron chi connectivity index (χ0n) is 42.4. The monoisotopic (exact) mass is 958 g/mol. The number of allylic oxidation sites excluding steroid dienone is 6. The quantitative estimate of drug-likeness (QED) is 0.134. The summed E-state index contributed by atoms with van der Waals surface area (Å²) in [6.45, 7) is 12.9. The minimum absolute atomic E-state index is 0.0158. The van der Waals surface area contributed by atoms with Crippen molar-refractivity contribution in [2.24, 2.45) is 35.5 Å². The van der Waals surface area contributed by atoms with Gasteiger partial charge >= 0.3 is 5.97 Å². The van der Waals surface area contributed by atoms with Gasteiger partial charge in [-0.1, -0.05) is 71.1 Å². The number of amides is 1. The highest BCUT2D eigenvalue weighted by Crippen LogP contribution is 2.38. The molecule has 4 aliphatic rings. The minimum atomic E-state index is -2.43. The Labute approximate surface area is 405 Å². The van der Waals surface area contributed by atoms with Gasteiger partial charge in [-0.15, -0.1) is 0 Å². The van der Waals surface area contributed by atoms with Crippen molar-refractivity contribution in [1.29, 1.82) is 0 Å². The molecule has 0 aromatic rings. The van der Waals surface area contributed by atoms with Crippen LogP contribution in [0, 0.1) is 35.5 Å². The second kappa shape index (κ2) is 27.3. The van der Waals surface area contributed by atoms with Crippen molar-refractivity contribution < 1.29 is 67.7 Å². The Bertz CT molecular complexity index is 1810. The second-order valence-electron chi connectivity index (χ2n) is 20.2. The Kier molecular flexibility index (Phi) is 22.9. The molecule has 0 spiro atoms. The van der Waals surface area contributed by atoms with Crippen LogP contribution < -0.4 is 0 Å². The van der Waals surface area contributed by atoms with Crippen molar-refractivity contribution in [2.45, 2.75) is 180 Å². The van der Waals surface area contributed by atoms with E-state index in [4.69, 9.17) is 28.4 Å². The molecule has 3 N–H and O–H groups in total. The SMILES string of the molecule is COC1CC2CCC(C)C(O)(O2)C(=O)C(=O)N2CCCCC2C(=O)OC([C@H](C)C[C@@H]2CC[C@@H](OCCO)[C@H](OC)C2)CC(=O)C(C)C=C(C)C(O)C(OC)C(=O)C(C)CC(C)C=CC=CC=C1C. The van der Waals surface area contributed by atoms with Gasteiger partial charge < -0.3 is 48.6 Å². The molecule has 2 saturated heterocycles. The zero-order chi connectivity index (χ0) is 50.3. The Morgan fingerprint density at radius 2 is 1.59 bits per heavy atom. The number of piperidine rings is 1. The van der Waals surface area contributed by atoms with Gasteiger partial charge in [-0.2, -0.15) is 0 Å². The maximum absolute atomic E-state index is 14.5. The summed E-state index contributed by atoms with van der Waals surface area (Å²) in [5.41, 5.74) is 1.26. The van der Waals surface area contributed by atoms with Crippen LogP contribution in [-0.2, 0) is 52.4 Å². The van der Waals surface area contributed by atoms with Crippen LogP contribution in [0.15, 0.2) is 47.6 Å². The van der Waals surface area contributed by atoms with Crippen LogP contribution in [0.5, 0.6) is 0 Å². The van der Waals surface area contributed by atoms with Gasteiger partial charge in [0.05, 0.1) is 37.6 Å². The summed E-state index contributed by atoms with van der Waals surface area (Å²) < 4.78 is 35.6. The number of methoxy groups -OCH3 is 3. The van der Waals surface area contributed by atoms with Crippen LogP contribution in [-0.4, -0.2) is 145 Å². The highest BCUT2D eigenvalue weighted by Gasteiger charge is 2.53. The molecule has 384 valence electrons. The molecule has 3 fully saturated rings. The number of hydrogen-bond donors (Lipinski definition) is 3. The molecule has 4 rings (SSSR count). The highest BCUT2D eigenvalue weighted by molar-refractivity contribution is 6.39. The summed E-state index contributed by atoms with van der Waals surface area (Å²) in [5, 5.41) is 32.8. The number of aliphatic hydroxyl groups is 3. The average molecular weight is 958 g/mol. The number of carbonyl (C=O) groups excluding carboxylic acids is 5. The number of carbonyl (C=O) groups is 5. The molecule has 15 heteroatoms. The van der Waals surface area contributed by atoms with E-state index in [9.17, 15) is 39.3 Å². The van der Waals surface area contributed by atoms with Crippen molar-refractivity contribution in [1.82, 2.24) is 4.90 Å². The Balaban J connectivity index is 1.70. The third-order valence-corrected chi connectivity index (χ3v) is 14.9. The van der Waals surface area contributed by atoms with E-state index in [1.807, 2.05) is 58.1 Å². The first-order valence-corrected chi connectivity index (χ1v) is 25.0. The third kappa shape index (κ3) is 15.3. The summed E-state index contributed by atoms with van der Waals surface area (Å²) in [5.74, 6) is -7.96. The van der Waals surface area contributed by atoms with Crippen LogP contribution in [0.2, 0.25) is 0 Å². The topological polar surface area (TPSA) is 205 Å². The van der Waals surface area contributed by atoms with Crippen molar-refractivity contribution in [3.8, 4) is 0 Å². The normalized spacial score (nSPS) is 36.7. The summed E-state index contributed by atoms with van der Waals surface area (Å²) in [4.78, 5) is 72.1. The number of fused-ring (bicyclic) bond motifs is 3. The smallest absolute Gasteiger partial charge is 0.329 e. The Hall–Kier alpha value is -3.41. The van der Waals surface area contributed by atoms with Gasteiger partial charge in [0.2, 0.25) is 5.79 Å². The fraction of sp³-hybridized carbons (Fsp3) is 0.755. The molecule has 0 aromatic heterocycles. The van der Waals surface area contributed by atoms with Crippen LogP contribution in [0.25, 0.3) is 0 Å². The number of cyclic esters (lactones) is 1. The average Bonchev–Trinajstić information content (AvgIpc) is 3.32. The number of aliphatic hydroxyl groups excluding tert-OH is 2. The fourth-order valence-corrected chi connectivity index (χ4v) is 10.5. The first-order chi connectivity index (χ1) is 32.3. The van der Waals surface area contributed by atoms with Crippen LogP contribution in [0.1, 0.15) is 126 Å². The van der Waals surface area contributed by atoms with E-state index in [2.05, 4.69) is 0 Å². The predicted octanol–water partition coefficient (Wildman–Crippen LogP) is 6.20. The number of Topliss-reactive ketones (excluding diaryl/α,β-unsaturated/α-hetero) is 3. The molecule has 0 radical (unpaired) electrons. The third-order valence-electron chi connectivity index (χ3n) is 14.9. The molecule has 2 bridgehead atoms. The molecule has 68 heavy (non-hydrogen) atoms. The molecule has 1 amide bonds. The van der Waals surface area contributed by atoms with E-state index in [-0.39, 0.29) is 74.1 Å². The van der Waals surface area contributed by atoms with Gasteiger partial charge in [0.1, 0.15) is 30.1 Å². The highest BCUT2D eigenvalue weighted by atomic mass is 16.6. The van der Waals surface area contributed by atoms with E-state index >= 15 is 0 Å². The fourth-order valence-electron chi connectivity index (χ4n) is 10.5. The van der Waals surface area contributed by atoms with E-state index in [1.165, 1.54) is 12.0 Å². The molecule has 15 nitrogen and oxygen atoms in total. The lowest BCUT2D eigenvalue weighted by Gasteiger charge is -2.42. The minimum Gasteiger partial charge on any atom is -0.460 e. The lowest BCUT2D eigenvalue weighted by Crippen LogP contribution is -2.61. The van der Waals surface area contributed by atoms with Crippen molar-refractivity contribution >= 4 is 29.2 Å². The van der Waals surface area contributed by atoms with Crippen LogP contribution in [0.3, 0.4) is 0 Å². The van der Waals surface area contributed by atoms with Gasteiger partial charge in [-0.05, 0) is 107 Å². The van der Waals surface area contributed by atoms with Crippen molar-refractivity contribution in [3.63, 3.8) is 0 Å². The molecule has 0 aromatic carbocycles.